The Morgan fingerprint density at radius 1 is 1.33 bits per heavy atom. The van der Waals surface area contributed by atoms with Crippen molar-refractivity contribution in [2.75, 3.05) is 18.8 Å². The molecule has 86 valence electrons. The molecule has 0 saturated heterocycles. The van der Waals surface area contributed by atoms with Gasteiger partial charge in [0, 0.05) is 6.54 Å². The van der Waals surface area contributed by atoms with Crippen molar-refractivity contribution >= 4 is 10.0 Å². The van der Waals surface area contributed by atoms with Gasteiger partial charge in [-0.3, -0.25) is 0 Å². The van der Waals surface area contributed by atoms with Crippen LogP contribution in [0.2, 0.25) is 0 Å². The van der Waals surface area contributed by atoms with E-state index < -0.39 is 10.0 Å². The van der Waals surface area contributed by atoms with E-state index in [4.69, 9.17) is 5.14 Å². The molecule has 0 amide bonds. The van der Waals surface area contributed by atoms with E-state index >= 15 is 0 Å². The summed E-state index contributed by atoms with van der Waals surface area (Å²) in [6.07, 6.45) is 7.16. The second-order valence-electron chi connectivity index (χ2n) is 4.61. The Bertz CT molecular complexity index is 350. The van der Waals surface area contributed by atoms with E-state index in [2.05, 4.69) is 17.5 Å². The van der Waals surface area contributed by atoms with Gasteiger partial charge < -0.3 is 5.32 Å². The van der Waals surface area contributed by atoms with E-state index in [9.17, 15) is 8.42 Å². The Kier molecular flexibility index (Phi) is 3.13. The molecule has 3 atom stereocenters. The lowest BCUT2D eigenvalue weighted by Crippen LogP contribution is -2.31. The van der Waals surface area contributed by atoms with E-state index in [1.54, 1.807) is 0 Å². The van der Waals surface area contributed by atoms with Gasteiger partial charge in [-0.25, -0.2) is 13.6 Å². The molecular weight excluding hydrogens is 212 g/mol. The maximum absolute atomic E-state index is 10.7. The van der Waals surface area contributed by atoms with Crippen LogP contribution in [0.1, 0.15) is 12.8 Å². The number of hydrogen-bond donors (Lipinski definition) is 2. The Balaban J connectivity index is 1.65. The van der Waals surface area contributed by atoms with Crippen LogP contribution in [0.3, 0.4) is 0 Å². The molecule has 0 aromatic rings. The number of rotatable bonds is 5. The largest absolute Gasteiger partial charge is 0.315 e. The first-order valence-electron chi connectivity index (χ1n) is 5.44. The van der Waals surface area contributed by atoms with Gasteiger partial charge in [0.25, 0.3) is 0 Å². The molecule has 5 heteroatoms. The monoisotopic (exact) mass is 230 g/mol. The molecule has 3 unspecified atom stereocenters. The number of allylic oxidation sites excluding steroid dienone is 2. The maximum Gasteiger partial charge on any atom is 0.210 e. The average molecular weight is 230 g/mol. The molecule has 0 aliphatic heterocycles. The van der Waals surface area contributed by atoms with Gasteiger partial charge in [-0.05, 0) is 37.1 Å². The van der Waals surface area contributed by atoms with Gasteiger partial charge in [-0.2, -0.15) is 0 Å². The zero-order valence-corrected chi connectivity index (χ0v) is 9.54. The van der Waals surface area contributed by atoms with E-state index in [1.807, 2.05) is 0 Å². The second-order valence-corrected chi connectivity index (χ2v) is 6.35. The summed E-state index contributed by atoms with van der Waals surface area (Å²) >= 11 is 0. The molecule has 2 aliphatic rings. The molecule has 2 rings (SSSR count). The zero-order valence-electron chi connectivity index (χ0n) is 8.72. The van der Waals surface area contributed by atoms with Gasteiger partial charge >= 0.3 is 0 Å². The van der Waals surface area contributed by atoms with Crippen LogP contribution in [0.5, 0.6) is 0 Å². The lowest BCUT2D eigenvalue weighted by atomic mass is 9.94. The number of nitrogens with one attached hydrogen (secondary N) is 1. The summed E-state index contributed by atoms with van der Waals surface area (Å²) in [6.45, 7) is 1.39. The Morgan fingerprint density at radius 2 is 2.13 bits per heavy atom. The molecule has 3 N–H and O–H groups in total. The standard InChI is InChI=1S/C10H18N2O2S/c11-15(13,14)4-3-12-7-10-6-8-1-2-9(10)5-8/h1-2,8-10,12H,3-7H2,(H2,11,13,14). The third-order valence-electron chi connectivity index (χ3n) is 3.39. The third kappa shape index (κ3) is 3.03. The van der Waals surface area contributed by atoms with Crippen molar-refractivity contribution in [2.24, 2.45) is 22.9 Å². The lowest BCUT2D eigenvalue weighted by molar-refractivity contribution is 0.419. The van der Waals surface area contributed by atoms with Crippen molar-refractivity contribution in [1.29, 1.82) is 0 Å². The highest BCUT2D eigenvalue weighted by Crippen LogP contribution is 2.42. The number of nitrogens with two attached hydrogens (primary N) is 1. The lowest BCUT2D eigenvalue weighted by Gasteiger charge is -2.18. The molecule has 0 heterocycles. The van der Waals surface area contributed by atoms with Crippen LogP contribution in [0, 0.1) is 17.8 Å². The Morgan fingerprint density at radius 3 is 2.67 bits per heavy atom. The zero-order chi connectivity index (χ0) is 10.9. The fourth-order valence-corrected chi connectivity index (χ4v) is 3.06. The summed E-state index contributed by atoms with van der Waals surface area (Å²) in [5.74, 6) is 2.22. The van der Waals surface area contributed by atoms with Crippen molar-refractivity contribution in [3.63, 3.8) is 0 Å². The molecule has 15 heavy (non-hydrogen) atoms. The van der Waals surface area contributed by atoms with Crippen molar-refractivity contribution in [1.82, 2.24) is 5.32 Å². The highest BCUT2D eigenvalue weighted by molar-refractivity contribution is 7.89. The molecule has 0 radical (unpaired) electrons. The van der Waals surface area contributed by atoms with Crippen molar-refractivity contribution in [3.05, 3.63) is 12.2 Å². The summed E-state index contributed by atoms with van der Waals surface area (Å²) in [5.41, 5.74) is 0. The summed E-state index contributed by atoms with van der Waals surface area (Å²) < 4.78 is 21.4. The first kappa shape index (κ1) is 11.1. The minimum absolute atomic E-state index is 0.0314. The normalized spacial score (nSPS) is 33.8. The van der Waals surface area contributed by atoms with Gasteiger partial charge in [0.05, 0.1) is 5.75 Å². The number of primary sulfonamides is 1. The van der Waals surface area contributed by atoms with Crippen molar-refractivity contribution < 1.29 is 8.42 Å². The molecule has 1 fully saturated rings. The molecule has 0 aromatic heterocycles. The molecule has 0 spiro atoms. The van der Waals surface area contributed by atoms with Crippen LogP contribution in [0.25, 0.3) is 0 Å². The average Bonchev–Trinajstić information content (AvgIpc) is 2.71. The fraction of sp³-hybridized carbons (Fsp3) is 0.800. The number of fused-ring (bicyclic) bond motifs is 2. The summed E-state index contributed by atoms with van der Waals surface area (Å²) in [4.78, 5) is 0. The van der Waals surface area contributed by atoms with E-state index in [1.165, 1.54) is 12.8 Å². The molecular formula is C10H18N2O2S. The summed E-state index contributed by atoms with van der Waals surface area (Å²) in [5, 5.41) is 8.09. The third-order valence-corrected chi connectivity index (χ3v) is 4.16. The van der Waals surface area contributed by atoms with Crippen LogP contribution in [0.4, 0.5) is 0 Å². The Hall–Kier alpha value is -0.390. The first-order chi connectivity index (χ1) is 7.04. The molecule has 4 nitrogen and oxygen atoms in total. The van der Waals surface area contributed by atoms with E-state index in [-0.39, 0.29) is 5.75 Å². The molecule has 1 saturated carbocycles. The predicted molar refractivity (Wildman–Crippen MR) is 59.7 cm³/mol. The molecule has 2 bridgehead atoms. The summed E-state index contributed by atoms with van der Waals surface area (Å²) in [7, 11) is -3.31. The van der Waals surface area contributed by atoms with Crippen LogP contribution in [-0.4, -0.2) is 27.3 Å². The van der Waals surface area contributed by atoms with Gasteiger partial charge in [0.15, 0.2) is 0 Å². The smallest absolute Gasteiger partial charge is 0.210 e. The number of sulfonamides is 1. The van der Waals surface area contributed by atoms with Crippen LogP contribution < -0.4 is 10.5 Å². The molecule has 2 aliphatic carbocycles. The maximum atomic E-state index is 10.7. The van der Waals surface area contributed by atoms with E-state index in [0.29, 0.717) is 12.5 Å². The van der Waals surface area contributed by atoms with Crippen LogP contribution >= 0.6 is 0 Å². The van der Waals surface area contributed by atoms with Gasteiger partial charge in [-0.1, -0.05) is 12.2 Å². The molecule has 0 aromatic carbocycles. The number of hydrogen-bond acceptors (Lipinski definition) is 3. The minimum atomic E-state index is -3.31. The van der Waals surface area contributed by atoms with Gasteiger partial charge in [-0.15, -0.1) is 0 Å². The minimum Gasteiger partial charge on any atom is -0.315 e. The van der Waals surface area contributed by atoms with Crippen LogP contribution in [0.15, 0.2) is 12.2 Å². The fourth-order valence-electron chi connectivity index (χ4n) is 2.63. The van der Waals surface area contributed by atoms with Crippen molar-refractivity contribution in [3.8, 4) is 0 Å². The van der Waals surface area contributed by atoms with E-state index in [0.717, 1.165) is 18.4 Å². The topological polar surface area (TPSA) is 72.2 Å². The second kappa shape index (κ2) is 4.23. The van der Waals surface area contributed by atoms with Gasteiger partial charge in [0.1, 0.15) is 0 Å². The Labute approximate surface area is 91.0 Å². The van der Waals surface area contributed by atoms with Crippen molar-refractivity contribution in [2.45, 2.75) is 12.8 Å². The van der Waals surface area contributed by atoms with Crippen LogP contribution in [-0.2, 0) is 10.0 Å². The quantitative estimate of drug-likeness (QED) is 0.519. The SMILES string of the molecule is NS(=O)(=O)CCNCC1CC2C=CC1C2. The first-order valence-corrected chi connectivity index (χ1v) is 7.15. The summed E-state index contributed by atoms with van der Waals surface area (Å²) in [6, 6.07) is 0. The van der Waals surface area contributed by atoms with Gasteiger partial charge in [0.2, 0.25) is 10.0 Å². The highest BCUT2D eigenvalue weighted by atomic mass is 32.2. The highest BCUT2D eigenvalue weighted by Gasteiger charge is 2.34. The predicted octanol–water partition coefficient (Wildman–Crippen LogP) is 0.0767.